The van der Waals surface area contributed by atoms with Crippen molar-refractivity contribution in [1.82, 2.24) is 5.32 Å². The molecular formula is C14H17FN2O3. The molecule has 2 amide bonds. The lowest BCUT2D eigenvalue weighted by Gasteiger charge is -2.25. The van der Waals surface area contributed by atoms with Crippen LogP contribution in [0, 0.1) is 11.7 Å². The van der Waals surface area contributed by atoms with E-state index in [2.05, 4.69) is 10.6 Å². The van der Waals surface area contributed by atoms with E-state index in [1.807, 2.05) is 0 Å². The molecule has 0 unspecified atom stereocenters. The Morgan fingerprint density at radius 3 is 2.70 bits per heavy atom. The van der Waals surface area contributed by atoms with E-state index in [0.29, 0.717) is 12.5 Å². The number of benzene rings is 1. The zero-order chi connectivity index (χ0) is 14.5. The zero-order valence-corrected chi connectivity index (χ0v) is 11.0. The molecule has 0 atom stereocenters. The van der Waals surface area contributed by atoms with Crippen LogP contribution in [0.25, 0.3) is 0 Å². The van der Waals surface area contributed by atoms with Crippen LogP contribution in [-0.4, -0.2) is 23.7 Å². The third kappa shape index (κ3) is 3.46. The Labute approximate surface area is 116 Å². The summed E-state index contributed by atoms with van der Waals surface area (Å²) in [6, 6.07) is 3.06. The Hall–Kier alpha value is -2.11. The molecule has 108 valence electrons. The molecule has 5 nitrogen and oxygen atoms in total. The first kappa shape index (κ1) is 14.3. The molecule has 1 aliphatic rings. The van der Waals surface area contributed by atoms with Crippen LogP contribution >= 0.6 is 0 Å². The minimum absolute atomic E-state index is 0.265. The summed E-state index contributed by atoms with van der Waals surface area (Å²) >= 11 is 0. The fraction of sp³-hybridized carbons (Fsp3) is 0.429. The second-order valence-corrected chi connectivity index (χ2v) is 4.93. The van der Waals surface area contributed by atoms with Crippen LogP contribution in [0.1, 0.15) is 36.0 Å². The van der Waals surface area contributed by atoms with Crippen molar-refractivity contribution in [1.29, 1.82) is 0 Å². The quantitative estimate of drug-likeness (QED) is 0.776. The van der Waals surface area contributed by atoms with E-state index in [1.165, 1.54) is 31.4 Å². The van der Waals surface area contributed by atoms with Crippen LogP contribution in [0.5, 0.6) is 0 Å². The lowest BCUT2D eigenvalue weighted by atomic mass is 9.83. The van der Waals surface area contributed by atoms with E-state index in [0.717, 1.165) is 12.5 Å². The lowest BCUT2D eigenvalue weighted by Crippen LogP contribution is -2.32. The number of carboxylic acids is 1. The van der Waals surface area contributed by atoms with Crippen LogP contribution in [-0.2, 0) is 0 Å². The molecule has 1 fully saturated rings. The van der Waals surface area contributed by atoms with Gasteiger partial charge in [-0.2, -0.15) is 0 Å². The molecule has 0 heterocycles. The molecule has 20 heavy (non-hydrogen) atoms. The second-order valence-electron chi connectivity index (χ2n) is 4.93. The predicted molar refractivity (Wildman–Crippen MR) is 72.3 cm³/mol. The first-order valence-corrected chi connectivity index (χ1v) is 6.64. The van der Waals surface area contributed by atoms with Crippen molar-refractivity contribution < 1.29 is 19.1 Å². The molecule has 3 N–H and O–H groups in total. The van der Waals surface area contributed by atoms with E-state index < -0.39 is 17.8 Å². The van der Waals surface area contributed by atoms with Gasteiger partial charge < -0.3 is 15.7 Å². The Balaban J connectivity index is 1.91. The highest BCUT2D eigenvalue weighted by atomic mass is 19.1. The number of carboxylic acid groups (broad SMARTS) is 1. The number of aromatic carboxylic acids is 1. The van der Waals surface area contributed by atoms with Gasteiger partial charge in [0.1, 0.15) is 5.82 Å². The number of rotatable bonds is 5. The standard InChI is InChI=1S/C14H17FN2O3/c15-11-6-2-5-10(13(18)19)12(11)17-14(20)16-8-7-9-3-1-4-9/h2,5-6,9H,1,3-4,7-8H2,(H,18,19)(H2,16,17,20). The molecule has 0 spiro atoms. The van der Waals surface area contributed by atoms with Gasteiger partial charge in [0.05, 0.1) is 11.3 Å². The summed E-state index contributed by atoms with van der Waals surface area (Å²) in [4.78, 5) is 22.6. The number of carbonyl (C=O) groups excluding carboxylic acids is 1. The molecular weight excluding hydrogens is 263 g/mol. The number of nitrogens with one attached hydrogen (secondary N) is 2. The van der Waals surface area contributed by atoms with Crippen molar-refractivity contribution in [3.05, 3.63) is 29.6 Å². The molecule has 1 aromatic rings. The number of urea groups is 1. The Kier molecular flexibility index (Phi) is 4.55. The highest BCUT2D eigenvalue weighted by molar-refractivity contribution is 6.00. The van der Waals surface area contributed by atoms with Crippen molar-refractivity contribution >= 4 is 17.7 Å². The second kappa shape index (κ2) is 6.36. The maximum Gasteiger partial charge on any atom is 0.337 e. The average Bonchev–Trinajstić information content (AvgIpc) is 2.34. The monoisotopic (exact) mass is 280 g/mol. The summed E-state index contributed by atoms with van der Waals surface area (Å²) in [6.07, 6.45) is 4.53. The van der Waals surface area contributed by atoms with E-state index in [4.69, 9.17) is 5.11 Å². The summed E-state index contributed by atoms with van der Waals surface area (Å²) in [5.74, 6) is -1.38. The number of para-hydroxylation sites is 1. The van der Waals surface area contributed by atoms with Gasteiger partial charge in [0.15, 0.2) is 0 Å². The minimum atomic E-state index is -1.28. The van der Waals surface area contributed by atoms with Crippen molar-refractivity contribution in [3.8, 4) is 0 Å². The smallest absolute Gasteiger partial charge is 0.337 e. The highest BCUT2D eigenvalue weighted by Gasteiger charge is 2.18. The van der Waals surface area contributed by atoms with Gasteiger partial charge in [-0.05, 0) is 24.5 Å². The molecule has 1 saturated carbocycles. The van der Waals surface area contributed by atoms with Crippen LogP contribution in [0.3, 0.4) is 0 Å². The fourth-order valence-corrected chi connectivity index (χ4v) is 2.16. The first-order chi connectivity index (χ1) is 9.58. The number of hydrogen-bond donors (Lipinski definition) is 3. The Morgan fingerprint density at radius 2 is 2.10 bits per heavy atom. The SMILES string of the molecule is O=C(NCCC1CCC1)Nc1c(F)cccc1C(=O)O. The zero-order valence-electron chi connectivity index (χ0n) is 11.0. The molecule has 2 rings (SSSR count). The van der Waals surface area contributed by atoms with E-state index in [1.54, 1.807) is 0 Å². The summed E-state index contributed by atoms with van der Waals surface area (Å²) < 4.78 is 13.6. The van der Waals surface area contributed by atoms with E-state index in [-0.39, 0.29) is 11.3 Å². The minimum Gasteiger partial charge on any atom is -0.478 e. The van der Waals surface area contributed by atoms with Crippen molar-refractivity contribution in [2.45, 2.75) is 25.7 Å². The molecule has 0 bridgehead atoms. The maximum atomic E-state index is 13.6. The van der Waals surface area contributed by atoms with Crippen molar-refractivity contribution in [2.24, 2.45) is 5.92 Å². The number of carbonyl (C=O) groups is 2. The highest BCUT2D eigenvalue weighted by Crippen LogP contribution is 2.28. The van der Waals surface area contributed by atoms with Gasteiger partial charge in [0.2, 0.25) is 0 Å². The van der Waals surface area contributed by atoms with Crippen LogP contribution in [0.2, 0.25) is 0 Å². The molecule has 6 heteroatoms. The molecule has 0 saturated heterocycles. The average molecular weight is 280 g/mol. The molecule has 0 aliphatic heterocycles. The van der Waals surface area contributed by atoms with Gasteiger partial charge in [-0.15, -0.1) is 0 Å². The van der Waals surface area contributed by atoms with Crippen molar-refractivity contribution in [3.63, 3.8) is 0 Å². The number of halogens is 1. The van der Waals surface area contributed by atoms with Crippen LogP contribution < -0.4 is 10.6 Å². The third-order valence-corrected chi connectivity index (χ3v) is 3.55. The van der Waals surface area contributed by atoms with Gasteiger partial charge >= 0.3 is 12.0 Å². The van der Waals surface area contributed by atoms with E-state index >= 15 is 0 Å². The summed E-state index contributed by atoms with van der Waals surface area (Å²) in [5, 5.41) is 13.8. The summed E-state index contributed by atoms with van der Waals surface area (Å²) in [5.41, 5.74) is -0.569. The molecule has 0 aromatic heterocycles. The summed E-state index contributed by atoms with van der Waals surface area (Å²) in [7, 11) is 0. The van der Waals surface area contributed by atoms with Gasteiger partial charge in [-0.25, -0.2) is 14.0 Å². The van der Waals surface area contributed by atoms with Crippen molar-refractivity contribution in [2.75, 3.05) is 11.9 Å². The summed E-state index contributed by atoms with van der Waals surface area (Å²) in [6.45, 7) is 0.507. The molecule has 1 aliphatic carbocycles. The van der Waals surface area contributed by atoms with Crippen LogP contribution in [0.15, 0.2) is 18.2 Å². The number of anilines is 1. The number of hydrogen-bond acceptors (Lipinski definition) is 2. The molecule has 1 aromatic carbocycles. The first-order valence-electron chi connectivity index (χ1n) is 6.64. The molecule has 0 radical (unpaired) electrons. The maximum absolute atomic E-state index is 13.6. The fourth-order valence-electron chi connectivity index (χ4n) is 2.16. The Bertz CT molecular complexity index is 515. The van der Waals surface area contributed by atoms with E-state index in [9.17, 15) is 14.0 Å². The Morgan fingerprint density at radius 1 is 1.35 bits per heavy atom. The largest absolute Gasteiger partial charge is 0.478 e. The normalized spacial score (nSPS) is 14.4. The lowest BCUT2D eigenvalue weighted by molar-refractivity contribution is 0.0697. The topological polar surface area (TPSA) is 78.4 Å². The van der Waals surface area contributed by atoms with Gasteiger partial charge in [-0.3, -0.25) is 0 Å². The van der Waals surface area contributed by atoms with Crippen LogP contribution in [0.4, 0.5) is 14.9 Å². The van der Waals surface area contributed by atoms with Gasteiger partial charge in [0, 0.05) is 6.54 Å². The van der Waals surface area contributed by atoms with Gasteiger partial charge in [-0.1, -0.05) is 25.3 Å². The third-order valence-electron chi connectivity index (χ3n) is 3.55. The van der Waals surface area contributed by atoms with Gasteiger partial charge in [0.25, 0.3) is 0 Å². The number of amides is 2. The predicted octanol–water partition coefficient (Wildman–Crippen LogP) is 2.84.